The van der Waals surface area contributed by atoms with E-state index in [1.165, 1.54) is 4.31 Å². The van der Waals surface area contributed by atoms with Crippen LogP contribution in [0.3, 0.4) is 0 Å². The van der Waals surface area contributed by atoms with E-state index in [2.05, 4.69) is 25.5 Å². The fourth-order valence-corrected chi connectivity index (χ4v) is 4.36. The van der Waals surface area contributed by atoms with Gasteiger partial charge in [-0.2, -0.15) is 5.53 Å². The van der Waals surface area contributed by atoms with Crippen molar-refractivity contribution in [1.82, 2.24) is 5.12 Å². The molecule has 0 aliphatic carbocycles. The summed E-state index contributed by atoms with van der Waals surface area (Å²) in [5.74, 6) is 5.14. The second-order valence-electron chi connectivity index (χ2n) is 6.28. The Morgan fingerprint density at radius 1 is 1.32 bits per heavy atom. The molecule has 1 aliphatic rings. The number of nitrogens with two attached hydrogens (primary N) is 4. The van der Waals surface area contributed by atoms with Gasteiger partial charge in [0.05, 0.1) is 34.1 Å². The lowest BCUT2D eigenvalue weighted by Gasteiger charge is -2.24. The van der Waals surface area contributed by atoms with Crippen LogP contribution in [0.4, 0.5) is 17.1 Å². The summed E-state index contributed by atoms with van der Waals surface area (Å²) in [6.07, 6.45) is 0. The van der Waals surface area contributed by atoms with E-state index in [9.17, 15) is 4.21 Å². The first-order valence-electron chi connectivity index (χ1n) is 8.87. The van der Waals surface area contributed by atoms with Crippen molar-refractivity contribution in [1.29, 1.82) is 5.53 Å². The maximum atomic E-state index is 12.3. The van der Waals surface area contributed by atoms with E-state index in [-0.39, 0.29) is 10.7 Å². The topological polar surface area (TPSA) is 209 Å². The van der Waals surface area contributed by atoms with E-state index in [0.717, 1.165) is 29.2 Å². The van der Waals surface area contributed by atoms with Gasteiger partial charge in [-0.05, 0) is 17.7 Å². The van der Waals surface area contributed by atoms with Crippen LogP contribution in [0, 0.1) is 5.53 Å². The van der Waals surface area contributed by atoms with Crippen molar-refractivity contribution in [2.75, 3.05) is 35.3 Å². The number of rotatable bonds is 9. The van der Waals surface area contributed by atoms with Crippen molar-refractivity contribution in [3.05, 3.63) is 35.9 Å². The summed E-state index contributed by atoms with van der Waals surface area (Å²) in [6, 6.07) is 9.03. The molecule has 11 N–H and O–H groups in total. The second kappa shape index (κ2) is 10.0. The molecule has 0 radical (unpaired) electrons. The predicted molar refractivity (Wildman–Crippen MR) is 123 cm³/mol. The highest BCUT2D eigenvalue weighted by Crippen LogP contribution is 2.43. The molecule has 1 atom stereocenters. The van der Waals surface area contributed by atoms with E-state index >= 15 is 0 Å². The Hall–Kier alpha value is -2.79. The molecule has 15 heteroatoms. The summed E-state index contributed by atoms with van der Waals surface area (Å²) in [5.41, 5.74) is 29.2. The normalized spacial score (nSPS) is 14.5. The summed E-state index contributed by atoms with van der Waals surface area (Å²) >= 11 is 0.785. The van der Waals surface area contributed by atoms with E-state index in [4.69, 9.17) is 28.0 Å². The molecule has 0 amide bonds. The van der Waals surface area contributed by atoms with Crippen molar-refractivity contribution in [2.45, 2.75) is 4.90 Å². The average molecular weight is 466 g/mol. The van der Waals surface area contributed by atoms with Gasteiger partial charge < -0.3 is 11.5 Å². The van der Waals surface area contributed by atoms with Crippen LogP contribution in [0.5, 0.6) is 0 Å². The third kappa shape index (κ3) is 4.62. The molecule has 0 saturated carbocycles. The van der Waals surface area contributed by atoms with E-state index in [0.29, 0.717) is 29.9 Å². The lowest BCUT2D eigenvalue weighted by Crippen LogP contribution is -2.34. The summed E-state index contributed by atoms with van der Waals surface area (Å²) in [5, 5.41) is 14.2. The standard InChI is InChI=1S/C16H23N11O2S2/c1-26(30-29-20)15-12(31(21)28)6-5-9(13(15)16(18)22-25-19)10-3-2-4-11-14(10)24-27(23-11)8-7-17/h2-6,23-24H,7-8,17,20-21H2,1H3,(H3,18,19,22). The second-order valence-corrected chi connectivity index (χ2v) is 8.20. The monoisotopic (exact) mass is 465 g/mol. The summed E-state index contributed by atoms with van der Waals surface area (Å²) in [6.45, 7) is 1.01. The van der Waals surface area contributed by atoms with Crippen molar-refractivity contribution < 1.29 is 8.49 Å². The van der Waals surface area contributed by atoms with Crippen molar-refractivity contribution in [3.8, 4) is 11.1 Å². The predicted octanol–water partition coefficient (Wildman–Crippen LogP) is 0.804. The van der Waals surface area contributed by atoms with Gasteiger partial charge in [0.2, 0.25) is 0 Å². The van der Waals surface area contributed by atoms with Gasteiger partial charge in [0, 0.05) is 19.2 Å². The molecule has 13 nitrogen and oxygen atoms in total. The van der Waals surface area contributed by atoms with Crippen LogP contribution in [0.1, 0.15) is 5.56 Å². The molecule has 1 heterocycles. The van der Waals surface area contributed by atoms with E-state index in [1.54, 1.807) is 24.3 Å². The number of hydrogen-bond acceptors (Lipinski definition) is 11. The number of hydrogen-bond donors (Lipinski definition) is 7. The summed E-state index contributed by atoms with van der Waals surface area (Å²) in [4.78, 5) is 0.275. The van der Waals surface area contributed by atoms with Crippen LogP contribution in [-0.4, -0.2) is 35.3 Å². The Labute approximate surface area is 185 Å². The third-order valence-corrected chi connectivity index (χ3v) is 5.71. The minimum Gasteiger partial charge on any atom is -0.382 e. The molecule has 31 heavy (non-hydrogen) atoms. The maximum absolute atomic E-state index is 12.3. The molecule has 0 bridgehead atoms. The highest BCUT2D eigenvalue weighted by Gasteiger charge is 2.27. The van der Waals surface area contributed by atoms with Crippen molar-refractivity contribution in [3.63, 3.8) is 0 Å². The zero-order valence-corrected chi connectivity index (χ0v) is 18.2. The SMILES string of the molecule is CN(SON)c1c(S(N)=O)ccc(-c2cccc3c2NN(CCN)N3)c1C(N)=NN=N. The minimum absolute atomic E-state index is 0.0702. The van der Waals surface area contributed by atoms with Gasteiger partial charge in [-0.25, -0.2) is 19.5 Å². The molecular weight excluding hydrogens is 442 g/mol. The van der Waals surface area contributed by atoms with Gasteiger partial charge in [0.1, 0.15) is 23.2 Å². The van der Waals surface area contributed by atoms with Gasteiger partial charge in [-0.3, -0.25) is 15.2 Å². The molecule has 0 aromatic heterocycles. The van der Waals surface area contributed by atoms with Gasteiger partial charge in [-0.1, -0.05) is 23.4 Å². The lowest BCUT2D eigenvalue weighted by atomic mass is 9.95. The number of nitrogens with one attached hydrogen (secondary N) is 3. The van der Waals surface area contributed by atoms with E-state index < -0.39 is 11.0 Å². The highest BCUT2D eigenvalue weighted by atomic mass is 32.2. The molecule has 2 aromatic rings. The van der Waals surface area contributed by atoms with Crippen molar-refractivity contribution in [2.24, 2.45) is 32.8 Å². The molecule has 166 valence electrons. The molecule has 2 aromatic carbocycles. The molecule has 0 saturated heterocycles. The fourth-order valence-electron chi connectivity index (χ4n) is 3.28. The number of hydrazine groups is 2. The smallest absolute Gasteiger partial charge is 0.157 e. The molecule has 3 rings (SSSR count). The molecule has 1 unspecified atom stereocenters. The number of nitrogens with zero attached hydrogens (tertiary/aromatic N) is 4. The fraction of sp³-hybridized carbons (Fsp3) is 0.188. The number of anilines is 3. The third-order valence-electron chi connectivity index (χ3n) is 4.45. The first kappa shape index (κ1) is 22.9. The Balaban J connectivity index is 2.29. The van der Waals surface area contributed by atoms with Crippen LogP contribution >= 0.6 is 12.2 Å². The lowest BCUT2D eigenvalue weighted by molar-refractivity contribution is 0.397. The number of fused-ring (bicyclic) bond motifs is 1. The van der Waals surface area contributed by atoms with Gasteiger partial charge in [-0.15, -0.1) is 10.2 Å². The summed E-state index contributed by atoms with van der Waals surface area (Å²) in [7, 11) is -0.218. The maximum Gasteiger partial charge on any atom is 0.157 e. The van der Waals surface area contributed by atoms with Crippen molar-refractivity contribution >= 4 is 46.1 Å². The first-order valence-corrected chi connectivity index (χ1v) is 10.8. The van der Waals surface area contributed by atoms with Crippen LogP contribution in [0.15, 0.2) is 45.6 Å². The summed E-state index contributed by atoms with van der Waals surface area (Å²) < 4.78 is 18.4. The minimum atomic E-state index is -1.86. The van der Waals surface area contributed by atoms with Gasteiger partial charge >= 0.3 is 0 Å². The van der Waals surface area contributed by atoms with Crippen LogP contribution in [-0.2, 0) is 15.3 Å². The Kier molecular flexibility index (Phi) is 7.39. The average Bonchev–Trinajstić information content (AvgIpc) is 3.15. The molecular formula is C16H23N11O2S2. The highest BCUT2D eigenvalue weighted by molar-refractivity contribution is 7.96. The zero-order valence-electron chi connectivity index (χ0n) is 16.5. The zero-order chi connectivity index (χ0) is 22.5. The van der Waals surface area contributed by atoms with Gasteiger partial charge in [0.25, 0.3) is 0 Å². The number of benzene rings is 2. The number of amidine groups is 1. The van der Waals surface area contributed by atoms with Crippen LogP contribution < -0.4 is 37.7 Å². The van der Waals surface area contributed by atoms with Crippen LogP contribution in [0.2, 0.25) is 0 Å². The molecule has 0 fully saturated rings. The first-order chi connectivity index (χ1) is 14.9. The van der Waals surface area contributed by atoms with Gasteiger partial charge in [0.15, 0.2) is 5.84 Å². The quantitative estimate of drug-likeness (QED) is 0.0691. The molecule has 1 aliphatic heterocycles. The van der Waals surface area contributed by atoms with Crippen LogP contribution in [0.25, 0.3) is 11.1 Å². The Morgan fingerprint density at radius 3 is 2.74 bits per heavy atom. The van der Waals surface area contributed by atoms with E-state index in [1.807, 2.05) is 18.2 Å². The Bertz CT molecular complexity index is 1030. The Morgan fingerprint density at radius 2 is 2.10 bits per heavy atom. The number of para-hydroxylation sites is 1. The molecule has 0 spiro atoms. The largest absolute Gasteiger partial charge is 0.382 e.